The number of nitrogens with zero attached hydrogens (tertiary/aromatic N) is 1. The fourth-order valence-corrected chi connectivity index (χ4v) is 1.74. The zero-order valence-corrected chi connectivity index (χ0v) is 10.3. The van der Waals surface area contributed by atoms with Gasteiger partial charge in [-0.25, -0.2) is 4.79 Å². The molecule has 0 saturated heterocycles. The summed E-state index contributed by atoms with van der Waals surface area (Å²) in [7, 11) is 1.62. The number of carbonyl (C=O) groups excluding carboxylic acids is 1. The monoisotopic (exact) mass is 244 g/mol. The van der Waals surface area contributed by atoms with Gasteiger partial charge in [0.25, 0.3) is 0 Å². The number of hydrogen-bond acceptors (Lipinski definition) is 4. The van der Waals surface area contributed by atoms with E-state index in [1.165, 1.54) is 6.92 Å². The van der Waals surface area contributed by atoms with Crippen molar-refractivity contribution in [2.75, 3.05) is 26.8 Å². The Morgan fingerprint density at radius 1 is 1.53 bits per heavy atom. The number of nitrogens with one attached hydrogen (secondary N) is 1. The standard InChI is InChI=1S/C11H20N2O4/c1-8(14)12-10(11(15)16)7-13(5-6-17-2)9-3-4-9/h9-10H,3-7H2,1-2H3,(H,12,14)(H,15,16). The van der Waals surface area contributed by atoms with Crippen molar-refractivity contribution in [3.8, 4) is 0 Å². The van der Waals surface area contributed by atoms with Crippen LogP contribution in [0.15, 0.2) is 0 Å². The van der Waals surface area contributed by atoms with Crippen LogP contribution < -0.4 is 5.32 Å². The second kappa shape index (κ2) is 6.56. The first-order valence-corrected chi connectivity index (χ1v) is 5.77. The molecule has 2 N–H and O–H groups in total. The van der Waals surface area contributed by atoms with E-state index in [0.717, 1.165) is 12.8 Å². The van der Waals surface area contributed by atoms with E-state index < -0.39 is 12.0 Å². The van der Waals surface area contributed by atoms with Crippen LogP contribution in [0.4, 0.5) is 0 Å². The van der Waals surface area contributed by atoms with Crippen molar-refractivity contribution in [2.45, 2.75) is 31.8 Å². The molecule has 0 bridgehead atoms. The summed E-state index contributed by atoms with van der Waals surface area (Å²) in [6.45, 7) is 2.93. The number of aliphatic carboxylic acids is 1. The summed E-state index contributed by atoms with van der Waals surface area (Å²) >= 11 is 0. The molecule has 0 aromatic carbocycles. The zero-order valence-electron chi connectivity index (χ0n) is 10.3. The van der Waals surface area contributed by atoms with Gasteiger partial charge < -0.3 is 15.2 Å². The van der Waals surface area contributed by atoms with Crippen molar-refractivity contribution < 1.29 is 19.4 Å². The van der Waals surface area contributed by atoms with Gasteiger partial charge in [-0.2, -0.15) is 0 Å². The van der Waals surface area contributed by atoms with Gasteiger partial charge in [-0.15, -0.1) is 0 Å². The van der Waals surface area contributed by atoms with Gasteiger partial charge in [0, 0.05) is 33.2 Å². The highest BCUT2D eigenvalue weighted by atomic mass is 16.5. The smallest absolute Gasteiger partial charge is 0.327 e. The lowest BCUT2D eigenvalue weighted by Gasteiger charge is -2.25. The number of carboxylic acids is 1. The van der Waals surface area contributed by atoms with Crippen LogP contribution in [0.2, 0.25) is 0 Å². The minimum atomic E-state index is -0.997. The highest BCUT2D eigenvalue weighted by Gasteiger charge is 2.32. The number of methoxy groups -OCH3 is 1. The first kappa shape index (κ1) is 13.9. The molecule has 1 rings (SSSR count). The number of ether oxygens (including phenoxy) is 1. The molecule has 1 saturated carbocycles. The van der Waals surface area contributed by atoms with E-state index in [0.29, 0.717) is 25.7 Å². The van der Waals surface area contributed by atoms with Crippen molar-refractivity contribution in [2.24, 2.45) is 0 Å². The van der Waals surface area contributed by atoms with Crippen molar-refractivity contribution in [1.29, 1.82) is 0 Å². The number of carbonyl (C=O) groups is 2. The minimum absolute atomic E-state index is 0.320. The normalized spacial score (nSPS) is 16.9. The topological polar surface area (TPSA) is 78.9 Å². The maximum atomic E-state index is 11.0. The third-order valence-corrected chi connectivity index (χ3v) is 2.74. The van der Waals surface area contributed by atoms with Crippen LogP contribution in [-0.4, -0.2) is 60.8 Å². The summed E-state index contributed by atoms with van der Waals surface area (Å²) in [6.07, 6.45) is 2.19. The molecule has 1 unspecified atom stereocenters. The van der Waals surface area contributed by atoms with E-state index >= 15 is 0 Å². The lowest BCUT2D eigenvalue weighted by molar-refractivity contribution is -0.142. The van der Waals surface area contributed by atoms with Crippen molar-refractivity contribution in [1.82, 2.24) is 10.2 Å². The van der Waals surface area contributed by atoms with Crippen LogP contribution in [0.3, 0.4) is 0 Å². The number of rotatable bonds is 8. The van der Waals surface area contributed by atoms with E-state index in [4.69, 9.17) is 9.84 Å². The molecule has 1 atom stereocenters. The second-order valence-electron chi connectivity index (χ2n) is 4.31. The van der Waals surface area contributed by atoms with Gasteiger partial charge in [-0.05, 0) is 12.8 Å². The van der Waals surface area contributed by atoms with Gasteiger partial charge in [0.05, 0.1) is 6.61 Å². The fourth-order valence-electron chi connectivity index (χ4n) is 1.74. The van der Waals surface area contributed by atoms with Crippen LogP contribution >= 0.6 is 0 Å². The molecule has 6 nitrogen and oxygen atoms in total. The number of carboxylic acid groups (broad SMARTS) is 1. The average Bonchev–Trinajstić information content (AvgIpc) is 3.05. The fraction of sp³-hybridized carbons (Fsp3) is 0.818. The molecule has 0 heterocycles. The van der Waals surface area contributed by atoms with E-state index in [2.05, 4.69) is 10.2 Å². The van der Waals surface area contributed by atoms with Crippen molar-refractivity contribution in [3.63, 3.8) is 0 Å². The molecule has 1 amide bonds. The molecule has 17 heavy (non-hydrogen) atoms. The summed E-state index contributed by atoms with van der Waals surface area (Å²) in [6, 6.07) is -0.397. The first-order chi connectivity index (χ1) is 8.04. The van der Waals surface area contributed by atoms with E-state index in [-0.39, 0.29) is 5.91 Å². The van der Waals surface area contributed by atoms with Crippen LogP contribution in [-0.2, 0) is 14.3 Å². The maximum Gasteiger partial charge on any atom is 0.327 e. The van der Waals surface area contributed by atoms with E-state index in [9.17, 15) is 9.59 Å². The predicted octanol–water partition coefficient (Wildman–Crippen LogP) is -0.313. The predicted molar refractivity (Wildman–Crippen MR) is 61.7 cm³/mol. The lowest BCUT2D eigenvalue weighted by atomic mass is 10.2. The second-order valence-corrected chi connectivity index (χ2v) is 4.31. The highest BCUT2D eigenvalue weighted by Crippen LogP contribution is 2.26. The molecular weight excluding hydrogens is 224 g/mol. The van der Waals surface area contributed by atoms with Crippen molar-refractivity contribution in [3.05, 3.63) is 0 Å². The van der Waals surface area contributed by atoms with Crippen LogP contribution in [0.25, 0.3) is 0 Å². The summed E-state index contributed by atoms with van der Waals surface area (Å²) in [4.78, 5) is 24.0. The Balaban J connectivity index is 2.48. The lowest BCUT2D eigenvalue weighted by Crippen LogP contribution is -2.49. The number of amides is 1. The van der Waals surface area contributed by atoms with Gasteiger partial charge in [0.2, 0.25) is 5.91 Å². The Hall–Kier alpha value is -1.14. The van der Waals surface area contributed by atoms with Gasteiger partial charge in [0.15, 0.2) is 0 Å². The van der Waals surface area contributed by atoms with Gasteiger partial charge >= 0.3 is 5.97 Å². The Bertz CT molecular complexity index is 279. The molecule has 1 aliphatic rings. The molecule has 0 radical (unpaired) electrons. The van der Waals surface area contributed by atoms with Crippen molar-refractivity contribution >= 4 is 11.9 Å². The van der Waals surface area contributed by atoms with Gasteiger partial charge in [-0.3, -0.25) is 9.69 Å². The SMILES string of the molecule is COCCN(CC(NC(C)=O)C(=O)O)C1CC1. The maximum absolute atomic E-state index is 11.0. The summed E-state index contributed by atoms with van der Waals surface area (Å²) in [5, 5.41) is 11.5. The van der Waals surface area contributed by atoms with Crippen LogP contribution in [0.5, 0.6) is 0 Å². The Morgan fingerprint density at radius 2 is 2.18 bits per heavy atom. The molecule has 0 aliphatic heterocycles. The van der Waals surface area contributed by atoms with E-state index in [1.54, 1.807) is 7.11 Å². The molecule has 6 heteroatoms. The summed E-state index contributed by atoms with van der Waals surface area (Å²) in [5.74, 6) is -1.32. The largest absolute Gasteiger partial charge is 0.480 e. The quantitative estimate of drug-likeness (QED) is 0.612. The molecule has 0 aromatic heterocycles. The van der Waals surface area contributed by atoms with E-state index in [1.807, 2.05) is 0 Å². The average molecular weight is 244 g/mol. The zero-order chi connectivity index (χ0) is 12.8. The Labute approximate surface area is 101 Å². The van der Waals surface area contributed by atoms with Gasteiger partial charge in [0.1, 0.15) is 6.04 Å². The molecular formula is C11H20N2O4. The number of hydrogen-bond donors (Lipinski definition) is 2. The molecule has 1 aliphatic carbocycles. The molecule has 98 valence electrons. The summed E-state index contributed by atoms with van der Waals surface area (Å²) < 4.78 is 5.00. The summed E-state index contributed by atoms with van der Waals surface area (Å²) in [5.41, 5.74) is 0. The Morgan fingerprint density at radius 3 is 2.59 bits per heavy atom. The minimum Gasteiger partial charge on any atom is -0.480 e. The molecule has 1 fully saturated rings. The Kier molecular flexibility index (Phi) is 5.37. The third-order valence-electron chi connectivity index (χ3n) is 2.74. The van der Waals surface area contributed by atoms with Gasteiger partial charge in [-0.1, -0.05) is 0 Å². The third kappa shape index (κ3) is 5.14. The van der Waals surface area contributed by atoms with Crippen LogP contribution in [0.1, 0.15) is 19.8 Å². The highest BCUT2D eigenvalue weighted by molar-refractivity contribution is 5.82. The van der Waals surface area contributed by atoms with Crippen LogP contribution in [0, 0.1) is 0 Å². The molecule has 0 spiro atoms. The molecule has 0 aromatic rings. The first-order valence-electron chi connectivity index (χ1n) is 5.77.